The van der Waals surface area contributed by atoms with Crippen molar-refractivity contribution in [3.8, 4) is 0 Å². The molecule has 1 fully saturated rings. The Labute approximate surface area is 256 Å². The molecule has 1 aliphatic heterocycles. The summed E-state index contributed by atoms with van der Waals surface area (Å²) in [5.74, 6) is 1.38. The zero-order valence-electron chi connectivity index (χ0n) is 24.2. The Kier molecular flexibility index (Phi) is 8.49. The first-order chi connectivity index (χ1) is 18.5. The van der Waals surface area contributed by atoms with Gasteiger partial charge in [0.15, 0.2) is 0 Å². The van der Waals surface area contributed by atoms with Crippen LogP contribution in [0.25, 0.3) is 33.7 Å². The molecule has 4 aromatic carbocycles. The van der Waals surface area contributed by atoms with Crippen LogP contribution in [0.15, 0.2) is 83.9 Å². The summed E-state index contributed by atoms with van der Waals surface area (Å²) in [4.78, 5) is 0. The zero-order valence-corrected chi connectivity index (χ0v) is 27.3. The molecule has 1 heterocycles. The Hall–Kier alpha value is -1.83. The van der Waals surface area contributed by atoms with Crippen LogP contribution in [0.4, 0.5) is 0 Å². The van der Waals surface area contributed by atoms with E-state index < -0.39 is 16.6 Å². The number of hydrogen-bond donors (Lipinski definition) is 0. The van der Waals surface area contributed by atoms with Crippen molar-refractivity contribution in [1.29, 1.82) is 0 Å². The summed E-state index contributed by atoms with van der Waals surface area (Å²) in [6, 6.07) is 28.1. The standard InChI is InChI=1S/2C17H17.C3H6.2ClH.Ti/c2*1-12(2)9-13-10-15-8-7-14-5-3-4-6-16(14)17(15)11-13;1-3-2;;;/h2*3-8,10-12H,9H2,1-2H3;1-3H2;2*1H;/q;;;;;+2/p-2. The second kappa shape index (κ2) is 11.5. The molecule has 0 spiro atoms. The number of rotatable bonds is 6. The minimum Gasteiger partial charge on any atom is -1.00 e. The molecular weight excluding hydrogens is 563 g/mol. The van der Waals surface area contributed by atoms with Gasteiger partial charge in [-0.2, -0.15) is 0 Å². The molecule has 2 aliphatic carbocycles. The normalized spacial score (nSPS) is 19.6. The molecule has 3 aliphatic rings. The monoisotopic (exact) mass is 602 g/mol. The molecule has 1 saturated heterocycles. The van der Waals surface area contributed by atoms with Crippen LogP contribution in [0, 0.1) is 11.8 Å². The van der Waals surface area contributed by atoms with Gasteiger partial charge in [-0.25, -0.2) is 0 Å². The minimum absolute atomic E-state index is 0. The molecule has 0 bridgehead atoms. The van der Waals surface area contributed by atoms with Crippen molar-refractivity contribution in [2.24, 2.45) is 11.8 Å². The van der Waals surface area contributed by atoms with E-state index in [0.29, 0.717) is 20.3 Å². The summed E-state index contributed by atoms with van der Waals surface area (Å²) in [7, 11) is 0. The Morgan fingerprint density at radius 2 is 1.02 bits per heavy atom. The van der Waals surface area contributed by atoms with Gasteiger partial charge in [-0.3, -0.25) is 0 Å². The van der Waals surface area contributed by atoms with Crippen molar-refractivity contribution in [3.63, 3.8) is 0 Å². The molecule has 7 rings (SSSR count). The van der Waals surface area contributed by atoms with E-state index in [0.717, 1.165) is 0 Å². The summed E-state index contributed by atoms with van der Waals surface area (Å²) in [6.07, 6.45) is 9.23. The Balaban J connectivity index is 0.00000161. The van der Waals surface area contributed by atoms with Crippen LogP contribution in [0.2, 0.25) is 9.45 Å². The maximum Gasteiger partial charge on any atom is -1.00 e. The van der Waals surface area contributed by atoms with Crippen molar-refractivity contribution < 1.29 is 41.4 Å². The third-order valence-corrected chi connectivity index (χ3v) is 19.5. The van der Waals surface area contributed by atoms with Crippen molar-refractivity contribution in [2.75, 3.05) is 0 Å². The molecule has 0 N–H and O–H groups in total. The van der Waals surface area contributed by atoms with Crippen molar-refractivity contribution >= 4 is 33.7 Å². The van der Waals surface area contributed by atoms with Crippen LogP contribution < -0.4 is 24.8 Å². The molecule has 3 heteroatoms. The number of hydrogen-bond acceptors (Lipinski definition) is 0. The fourth-order valence-electron chi connectivity index (χ4n) is 8.37. The summed E-state index contributed by atoms with van der Waals surface area (Å²) in [5.41, 5.74) is 9.99. The zero-order chi connectivity index (χ0) is 26.0. The van der Waals surface area contributed by atoms with E-state index in [2.05, 4.69) is 113 Å². The predicted molar refractivity (Wildman–Crippen MR) is 162 cm³/mol. The molecule has 2 atom stereocenters. The van der Waals surface area contributed by atoms with E-state index in [-0.39, 0.29) is 24.8 Å². The van der Waals surface area contributed by atoms with Gasteiger partial charge in [-0.05, 0) is 0 Å². The number of fused-ring (bicyclic) bond motifs is 6. The first kappa shape index (κ1) is 29.7. The molecule has 206 valence electrons. The van der Waals surface area contributed by atoms with Gasteiger partial charge in [0, 0.05) is 0 Å². The van der Waals surface area contributed by atoms with Gasteiger partial charge >= 0.3 is 233 Å². The second-order valence-electron chi connectivity index (χ2n) is 13.2. The Bertz CT molecular complexity index is 1510. The van der Waals surface area contributed by atoms with E-state index in [1.165, 1.54) is 50.3 Å². The fraction of sp³-hybridized carbons (Fsp3) is 0.351. The number of benzene rings is 4. The van der Waals surface area contributed by atoms with Crippen LogP contribution in [-0.2, 0) is 16.6 Å². The van der Waals surface area contributed by atoms with Crippen molar-refractivity contribution in [2.45, 2.75) is 64.9 Å². The van der Waals surface area contributed by atoms with Gasteiger partial charge in [-0.15, -0.1) is 0 Å². The van der Waals surface area contributed by atoms with E-state index in [4.69, 9.17) is 0 Å². The van der Waals surface area contributed by atoms with Crippen LogP contribution in [0.1, 0.15) is 77.7 Å². The molecule has 4 aromatic rings. The van der Waals surface area contributed by atoms with Gasteiger partial charge in [0.1, 0.15) is 0 Å². The van der Waals surface area contributed by atoms with Gasteiger partial charge in [0.25, 0.3) is 0 Å². The molecule has 0 saturated carbocycles. The maximum atomic E-state index is 2.66. The van der Waals surface area contributed by atoms with E-state index in [1.54, 1.807) is 33.4 Å². The molecule has 0 aromatic heterocycles. The first-order valence-corrected chi connectivity index (χ1v) is 18.9. The molecule has 0 radical (unpaired) electrons. The second-order valence-corrected chi connectivity index (χ2v) is 20.4. The SMILES string of the molecule is CC(C)CC1=Cc2c(ccc3ccccc23)[CH]1[Ti+2]1([CH]2C(CC(C)C)=Cc3c2ccc2ccccc32)[CH2]C[CH2]1.[Cl-].[Cl-]. The van der Waals surface area contributed by atoms with Gasteiger partial charge in [-0.1, -0.05) is 0 Å². The average Bonchev–Trinajstić information content (AvgIpc) is 3.42. The number of allylic oxidation sites excluding steroid dienone is 2. The number of halogens is 2. The van der Waals surface area contributed by atoms with Crippen LogP contribution in [-0.4, -0.2) is 0 Å². The Morgan fingerprint density at radius 3 is 1.40 bits per heavy atom. The van der Waals surface area contributed by atoms with Crippen LogP contribution in [0.5, 0.6) is 0 Å². The van der Waals surface area contributed by atoms with Gasteiger partial charge < -0.3 is 24.8 Å². The average molecular weight is 604 g/mol. The quantitative estimate of drug-likeness (QED) is 0.271. The molecule has 2 unspecified atom stereocenters. The summed E-state index contributed by atoms with van der Waals surface area (Å²) in [5, 5.41) is 5.70. The van der Waals surface area contributed by atoms with Gasteiger partial charge in [0.05, 0.1) is 0 Å². The van der Waals surface area contributed by atoms with Crippen molar-refractivity contribution in [3.05, 3.63) is 106 Å². The molecule has 40 heavy (non-hydrogen) atoms. The smallest absolute Gasteiger partial charge is 1.00 e. The van der Waals surface area contributed by atoms with Crippen LogP contribution in [0.3, 0.4) is 0 Å². The minimum atomic E-state index is -2.46. The van der Waals surface area contributed by atoms with Crippen molar-refractivity contribution in [1.82, 2.24) is 0 Å². The first-order valence-electron chi connectivity index (χ1n) is 14.9. The van der Waals surface area contributed by atoms with E-state index >= 15 is 0 Å². The molecular formula is C37H40Cl2Ti. The largest absolute Gasteiger partial charge is 1.00 e. The van der Waals surface area contributed by atoms with Crippen LogP contribution >= 0.6 is 0 Å². The molecule has 0 amide bonds. The predicted octanol–water partition coefficient (Wildman–Crippen LogP) is 5.06. The maximum absolute atomic E-state index is 2.66. The van der Waals surface area contributed by atoms with Gasteiger partial charge in [0.2, 0.25) is 0 Å². The Morgan fingerprint density at radius 1 is 0.600 bits per heavy atom. The van der Waals surface area contributed by atoms with E-state index in [1.807, 2.05) is 0 Å². The third kappa shape index (κ3) is 4.64. The third-order valence-electron chi connectivity index (χ3n) is 9.75. The summed E-state index contributed by atoms with van der Waals surface area (Å²) in [6.45, 7) is 9.67. The van der Waals surface area contributed by atoms with E-state index in [9.17, 15) is 0 Å². The topological polar surface area (TPSA) is 0 Å². The molecule has 0 nitrogen and oxygen atoms in total. The summed E-state index contributed by atoms with van der Waals surface area (Å²) >= 11 is -2.46. The summed E-state index contributed by atoms with van der Waals surface area (Å²) < 4.78 is 4.42. The fourth-order valence-corrected chi connectivity index (χ4v) is 18.2.